The van der Waals surface area contributed by atoms with Gasteiger partial charge < -0.3 is 14.6 Å². The molecule has 0 bridgehead atoms. The van der Waals surface area contributed by atoms with Crippen molar-refractivity contribution >= 4 is 5.97 Å². The van der Waals surface area contributed by atoms with Gasteiger partial charge in [-0.3, -0.25) is 0 Å². The van der Waals surface area contributed by atoms with Gasteiger partial charge >= 0.3 is 5.97 Å². The molecule has 0 radical (unpaired) electrons. The molecule has 1 aromatic heterocycles. The number of aromatic carboxylic acids is 1. The minimum atomic E-state index is -1.05. The highest BCUT2D eigenvalue weighted by Gasteiger charge is 2.07. The van der Waals surface area contributed by atoms with E-state index in [9.17, 15) is 4.79 Å². The van der Waals surface area contributed by atoms with E-state index in [2.05, 4.69) is 4.98 Å². The van der Waals surface area contributed by atoms with Crippen LogP contribution in [0.25, 0.3) is 0 Å². The summed E-state index contributed by atoms with van der Waals surface area (Å²) in [6, 6.07) is 10.6. The monoisotopic (exact) mass is 273 g/mol. The molecule has 2 aromatic rings. The first-order valence-electron chi connectivity index (χ1n) is 6.23. The molecule has 0 aliphatic heterocycles. The number of hydrogen-bond acceptors (Lipinski definition) is 4. The van der Waals surface area contributed by atoms with Crippen LogP contribution >= 0.6 is 0 Å². The van der Waals surface area contributed by atoms with Crippen LogP contribution in [0.1, 0.15) is 23.0 Å². The number of pyridine rings is 1. The third-order valence-electron chi connectivity index (χ3n) is 2.59. The zero-order valence-electron chi connectivity index (χ0n) is 11.1. The van der Waals surface area contributed by atoms with E-state index in [1.165, 1.54) is 12.3 Å². The van der Waals surface area contributed by atoms with Gasteiger partial charge in [0, 0.05) is 6.20 Å². The number of carbonyl (C=O) groups is 1. The van der Waals surface area contributed by atoms with Gasteiger partial charge in [-0.05, 0) is 36.8 Å². The van der Waals surface area contributed by atoms with E-state index >= 15 is 0 Å². The Bertz CT molecular complexity index is 598. The standard InChI is InChI=1S/C15H15NO4/c1-2-19-13-5-3-4-6-14(13)20-10-11-7-8-16-12(9-11)15(17)18/h3-9H,2,10H2,1H3,(H,17,18). The average Bonchev–Trinajstić information content (AvgIpc) is 2.47. The maximum atomic E-state index is 10.8. The molecule has 0 aliphatic rings. The molecule has 1 N–H and O–H groups in total. The smallest absolute Gasteiger partial charge is 0.354 e. The van der Waals surface area contributed by atoms with Gasteiger partial charge in [0.15, 0.2) is 11.5 Å². The summed E-state index contributed by atoms with van der Waals surface area (Å²) in [5, 5.41) is 8.89. The summed E-state index contributed by atoms with van der Waals surface area (Å²) in [5.41, 5.74) is 0.743. The summed E-state index contributed by atoms with van der Waals surface area (Å²) < 4.78 is 11.1. The van der Waals surface area contributed by atoms with Crippen LogP contribution in [0.4, 0.5) is 0 Å². The highest BCUT2D eigenvalue weighted by molar-refractivity contribution is 5.85. The topological polar surface area (TPSA) is 68.7 Å². The summed E-state index contributed by atoms with van der Waals surface area (Å²) in [4.78, 5) is 14.6. The Kier molecular flexibility index (Phi) is 4.55. The Hall–Kier alpha value is -2.56. The molecule has 1 aromatic carbocycles. The first-order chi connectivity index (χ1) is 9.70. The van der Waals surface area contributed by atoms with E-state index in [0.717, 1.165) is 5.56 Å². The number of ether oxygens (including phenoxy) is 2. The van der Waals surface area contributed by atoms with Crippen LogP contribution < -0.4 is 9.47 Å². The zero-order chi connectivity index (χ0) is 14.4. The summed E-state index contributed by atoms with van der Waals surface area (Å²) in [7, 11) is 0. The van der Waals surface area contributed by atoms with Crippen molar-refractivity contribution in [2.24, 2.45) is 0 Å². The molecule has 0 aliphatic carbocycles. The molecule has 0 spiro atoms. The third-order valence-corrected chi connectivity index (χ3v) is 2.59. The van der Waals surface area contributed by atoms with Crippen LogP contribution in [0, 0.1) is 0 Å². The van der Waals surface area contributed by atoms with E-state index in [0.29, 0.717) is 18.1 Å². The van der Waals surface area contributed by atoms with Crippen LogP contribution in [0.5, 0.6) is 11.5 Å². The van der Waals surface area contributed by atoms with Gasteiger partial charge in [0.1, 0.15) is 12.3 Å². The second-order valence-electron chi connectivity index (χ2n) is 4.02. The van der Waals surface area contributed by atoms with E-state index in [1.807, 2.05) is 31.2 Å². The van der Waals surface area contributed by atoms with Crippen molar-refractivity contribution < 1.29 is 19.4 Å². The fraction of sp³-hybridized carbons (Fsp3) is 0.200. The lowest BCUT2D eigenvalue weighted by molar-refractivity contribution is 0.0690. The predicted octanol–water partition coefficient (Wildman–Crippen LogP) is 2.76. The van der Waals surface area contributed by atoms with E-state index < -0.39 is 5.97 Å². The third kappa shape index (κ3) is 3.47. The number of benzene rings is 1. The molecule has 5 nitrogen and oxygen atoms in total. The van der Waals surface area contributed by atoms with Gasteiger partial charge in [-0.15, -0.1) is 0 Å². The molecule has 0 saturated carbocycles. The van der Waals surface area contributed by atoms with Crippen molar-refractivity contribution in [2.45, 2.75) is 13.5 Å². The van der Waals surface area contributed by atoms with Gasteiger partial charge in [0.05, 0.1) is 6.61 Å². The molecule has 20 heavy (non-hydrogen) atoms. The van der Waals surface area contributed by atoms with Crippen LogP contribution in [-0.4, -0.2) is 22.7 Å². The molecule has 0 saturated heterocycles. The number of hydrogen-bond donors (Lipinski definition) is 1. The highest BCUT2D eigenvalue weighted by Crippen LogP contribution is 2.27. The molecule has 0 fully saturated rings. The van der Waals surface area contributed by atoms with Crippen molar-refractivity contribution in [1.29, 1.82) is 0 Å². The van der Waals surface area contributed by atoms with Gasteiger partial charge in [0.25, 0.3) is 0 Å². The summed E-state index contributed by atoms with van der Waals surface area (Å²) in [6.45, 7) is 2.71. The van der Waals surface area contributed by atoms with Gasteiger partial charge in [-0.2, -0.15) is 0 Å². The normalized spacial score (nSPS) is 10.1. The van der Waals surface area contributed by atoms with Crippen LogP contribution in [-0.2, 0) is 6.61 Å². The highest BCUT2D eigenvalue weighted by atomic mass is 16.5. The lowest BCUT2D eigenvalue weighted by atomic mass is 10.2. The van der Waals surface area contributed by atoms with Gasteiger partial charge in [-0.1, -0.05) is 12.1 Å². The molecule has 2 rings (SSSR count). The number of para-hydroxylation sites is 2. The van der Waals surface area contributed by atoms with Crippen molar-refractivity contribution in [2.75, 3.05) is 6.61 Å². The Morgan fingerprint density at radius 3 is 2.55 bits per heavy atom. The fourth-order valence-corrected chi connectivity index (χ4v) is 1.69. The second kappa shape index (κ2) is 6.56. The lowest BCUT2D eigenvalue weighted by Crippen LogP contribution is -2.03. The van der Waals surface area contributed by atoms with E-state index in [4.69, 9.17) is 14.6 Å². The quantitative estimate of drug-likeness (QED) is 0.876. The first-order valence-corrected chi connectivity index (χ1v) is 6.23. The van der Waals surface area contributed by atoms with Crippen molar-refractivity contribution in [3.8, 4) is 11.5 Å². The number of nitrogens with zero attached hydrogens (tertiary/aromatic N) is 1. The molecular weight excluding hydrogens is 258 g/mol. The number of carboxylic acid groups (broad SMARTS) is 1. The Balaban J connectivity index is 2.09. The van der Waals surface area contributed by atoms with Crippen LogP contribution in [0.3, 0.4) is 0 Å². The molecular formula is C15H15NO4. The largest absolute Gasteiger partial charge is 0.490 e. The van der Waals surface area contributed by atoms with E-state index in [1.54, 1.807) is 6.07 Å². The average molecular weight is 273 g/mol. The first kappa shape index (κ1) is 13.9. The molecule has 0 unspecified atom stereocenters. The minimum Gasteiger partial charge on any atom is -0.490 e. The maximum Gasteiger partial charge on any atom is 0.354 e. The lowest BCUT2D eigenvalue weighted by Gasteiger charge is -2.11. The van der Waals surface area contributed by atoms with Crippen molar-refractivity contribution in [3.63, 3.8) is 0 Å². The minimum absolute atomic E-state index is 0.00388. The Labute approximate surface area is 116 Å². The second-order valence-corrected chi connectivity index (χ2v) is 4.02. The Morgan fingerprint density at radius 2 is 1.90 bits per heavy atom. The molecule has 0 amide bonds. The summed E-state index contributed by atoms with van der Waals surface area (Å²) >= 11 is 0. The number of rotatable bonds is 6. The maximum absolute atomic E-state index is 10.8. The van der Waals surface area contributed by atoms with Gasteiger partial charge in [-0.25, -0.2) is 9.78 Å². The number of aromatic nitrogens is 1. The molecule has 1 heterocycles. The Morgan fingerprint density at radius 1 is 1.20 bits per heavy atom. The van der Waals surface area contributed by atoms with Crippen molar-refractivity contribution in [1.82, 2.24) is 4.98 Å². The van der Waals surface area contributed by atoms with E-state index in [-0.39, 0.29) is 12.3 Å². The van der Waals surface area contributed by atoms with Crippen LogP contribution in [0.2, 0.25) is 0 Å². The van der Waals surface area contributed by atoms with Crippen LogP contribution in [0.15, 0.2) is 42.6 Å². The molecule has 5 heteroatoms. The fourth-order valence-electron chi connectivity index (χ4n) is 1.69. The summed E-state index contributed by atoms with van der Waals surface area (Å²) in [5.74, 6) is 0.243. The van der Waals surface area contributed by atoms with Gasteiger partial charge in [0.2, 0.25) is 0 Å². The van der Waals surface area contributed by atoms with Crippen molar-refractivity contribution in [3.05, 3.63) is 53.9 Å². The molecule has 0 atom stereocenters. The zero-order valence-corrected chi connectivity index (χ0v) is 11.1. The summed E-state index contributed by atoms with van der Waals surface area (Å²) in [6.07, 6.45) is 1.45. The number of carboxylic acids is 1. The predicted molar refractivity (Wildman–Crippen MR) is 73.1 cm³/mol. The SMILES string of the molecule is CCOc1ccccc1OCc1ccnc(C(=O)O)c1. The molecule has 104 valence electrons.